The monoisotopic (exact) mass is 379 g/mol. The van der Waals surface area contributed by atoms with E-state index in [-0.39, 0.29) is 11.8 Å². The quantitative estimate of drug-likeness (QED) is 0.488. The van der Waals surface area contributed by atoms with Crippen molar-refractivity contribution < 1.29 is 9.59 Å². The van der Waals surface area contributed by atoms with Crippen LogP contribution in [0, 0.1) is 0 Å². The average molecular weight is 379 g/mol. The highest BCUT2D eigenvalue weighted by molar-refractivity contribution is 7.18. The minimum Gasteiger partial charge on any atom is -0.355 e. The van der Waals surface area contributed by atoms with E-state index in [1.165, 1.54) is 10.8 Å². The van der Waals surface area contributed by atoms with Crippen LogP contribution < -0.4 is 10.6 Å². The highest BCUT2D eigenvalue weighted by Crippen LogP contribution is 2.22. The Morgan fingerprint density at radius 2 is 1.89 bits per heavy atom. The van der Waals surface area contributed by atoms with Gasteiger partial charge in [0.2, 0.25) is 5.91 Å². The summed E-state index contributed by atoms with van der Waals surface area (Å²) in [6.07, 6.45) is 4.94. The minimum absolute atomic E-state index is 0.128. The summed E-state index contributed by atoms with van der Waals surface area (Å²) in [5, 5.41) is 6.55. The Hall–Kier alpha value is -2.99. The lowest BCUT2D eigenvalue weighted by Gasteiger charge is -2.01. The smallest absolute Gasteiger partial charge is 0.251 e. The summed E-state index contributed by atoms with van der Waals surface area (Å²) in [6, 6.07) is 15.2. The van der Waals surface area contributed by atoms with E-state index in [9.17, 15) is 9.59 Å². The predicted molar refractivity (Wildman–Crippen MR) is 110 cm³/mol. The van der Waals surface area contributed by atoms with Crippen molar-refractivity contribution in [3.05, 3.63) is 70.7 Å². The van der Waals surface area contributed by atoms with Crippen LogP contribution in [0.1, 0.15) is 27.3 Å². The van der Waals surface area contributed by atoms with Crippen molar-refractivity contribution in [2.24, 2.45) is 0 Å². The van der Waals surface area contributed by atoms with E-state index in [0.29, 0.717) is 12.1 Å². The SMILES string of the molecule is CNC(=O)c1ccc(C=CC(=O)NCCCc2nc3ccccc3s2)cc1. The number of rotatable bonds is 7. The first-order valence-corrected chi connectivity index (χ1v) is 9.60. The van der Waals surface area contributed by atoms with Gasteiger partial charge in [-0.2, -0.15) is 0 Å². The number of fused-ring (bicyclic) bond motifs is 1. The topological polar surface area (TPSA) is 71.1 Å². The van der Waals surface area contributed by atoms with Gasteiger partial charge < -0.3 is 10.6 Å². The van der Waals surface area contributed by atoms with E-state index >= 15 is 0 Å². The van der Waals surface area contributed by atoms with Gasteiger partial charge in [0.05, 0.1) is 15.2 Å². The number of aryl methyl sites for hydroxylation is 1. The molecule has 3 rings (SSSR count). The lowest BCUT2D eigenvalue weighted by atomic mass is 10.1. The number of thiazole rings is 1. The van der Waals surface area contributed by atoms with Crippen molar-refractivity contribution in [2.75, 3.05) is 13.6 Å². The molecular weight excluding hydrogens is 358 g/mol. The number of benzene rings is 2. The number of carbonyl (C=O) groups excluding carboxylic acids is 2. The Balaban J connectivity index is 1.42. The number of carbonyl (C=O) groups is 2. The zero-order valence-electron chi connectivity index (χ0n) is 15.1. The molecule has 3 aromatic rings. The van der Waals surface area contributed by atoms with Gasteiger partial charge in [0.25, 0.3) is 5.91 Å². The van der Waals surface area contributed by atoms with Crippen molar-refractivity contribution in [1.29, 1.82) is 0 Å². The molecule has 2 N–H and O–H groups in total. The first-order valence-electron chi connectivity index (χ1n) is 8.78. The fourth-order valence-electron chi connectivity index (χ4n) is 2.60. The van der Waals surface area contributed by atoms with Crippen LogP contribution in [-0.2, 0) is 11.2 Å². The molecule has 0 saturated heterocycles. The third kappa shape index (κ3) is 5.24. The number of aromatic nitrogens is 1. The van der Waals surface area contributed by atoms with Gasteiger partial charge in [0.15, 0.2) is 0 Å². The van der Waals surface area contributed by atoms with Crippen molar-refractivity contribution in [2.45, 2.75) is 12.8 Å². The summed E-state index contributed by atoms with van der Waals surface area (Å²) in [5.74, 6) is -0.258. The van der Waals surface area contributed by atoms with Gasteiger partial charge >= 0.3 is 0 Å². The van der Waals surface area contributed by atoms with Crippen molar-refractivity contribution in [1.82, 2.24) is 15.6 Å². The second-order valence-corrected chi connectivity index (χ2v) is 7.12. The van der Waals surface area contributed by atoms with Crippen LogP contribution in [0.2, 0.25) is 0 Å². The fraction of sp³-hybridized carbons (Fsp3) is 0.190. The fourth-order valence-corrected chi connectivity index (χ4v) is 3.61. The predicted octanol–water partition coefficient (Wildman–Crippen LogP) is 3.42. The Bertz CT molecular complexity index is 928. The molecule has 0 atom stereocenters. The summed E-state index contributed by atoms with van der Waals surface area (Å²) in [5.41, 5.74) is 2.49. The molecule has 1 heterocycles. The highest BCUT2D eigenvalue weighted by Gasteiger charge is 2.04. The minimum atomic E-state index is -0.130. The molecule has 0 bridgehead atoms. The van der Waals surface area contributed by atoms with E-state index in [1.807, 2.05) is 30.3 Å². The summed E-state index contributed by atoms with van der Waals surface area (Å²) in [7, 11) is 1.59. The summed E-state index contributed by atoms with van der Waals surface area (Å²) in [6.45, 7) is 0.606. The van der Waals surface area contributed by atoms with Gasteiger partial charge in [-0.1, -0.05) is 24.3 Å². The van der Waals surface area contributed by atoms with Crippen molar-refractivity contribution >= 4 is 39.4 Å². The average Bonchev–Trinajstić information content (AvgIpc) is 3.12. The zero-order chi connectivity index (χ0) is 19.1. The van der Waals surface area contributed by atoms with Crippen LogP contribution in [0.4, 0.5) is 0 Å². The molecule has 2 aromatic carbocycles. The maximum Gasteiger partial charge on any atom is 0.251 e. The van der Waals surface area contributed by atoms with E-state index in [0.717, 1.165) is 28.9 Å². The molecule has 0 fully saturated rings. The molecule has 5 nitrogen and oxygen atoms in total. The molecule has 0 unspecified atom stereocenters. The van der Waals surface area contributed by atoms with Gasteiger partial charge in [-0.3, -0.25) is 9.59 Å². The number of amides is 2. The van der Waals surface area contributed by atoms with E-state index in [2.05, 4.69) is 21.7 Å². The third-order valence-electron chi connectivity index (χ3n) is 4.03. The maximum atomic E-state index is 11.9. The molecule has 0 saturated carbocycles. The molecular formula is C21H21N3O2S. The zero-order valence-corrected chi connectivity index (χ0v) is 15.9. The first-order chi connectivity index (χ1) is 13.2. The van der Waals surface area contributed by atoms with Crippen LogP contribution in [0.5, 0.6) is 0 Å². The highest BCUT2D eigenvalue weighted by atomic mass is 32.1. The van der Waals surface area contributed by atoms with Gasteiger partial charge in [-0.25, -0.2) is 4.98 Å². The number of nitrogens with one attached hydrogen (secondary N) is 2. The largest absolute Gasteiger partial charge is 0.355 e. The molecule has 0 aliphatic rings. The Morgan fingerprint density at radius 3 is 2.63 bits per heavy atom. The van der Waals surface area contributed by atoms with Gasteiger partial charge in [-0.15, -0.1) is 11.3 Å². The van der Waals surface area contributed by atoms with Gasteiger partial charge in [0.1, 0.15) is 0 Å². The van der Waals surface area contributed by atoms with E-state index in [4.69, 9.17) is 0 Å². The van der Waals surface area contributed by atoms with Crippen LogP contribution in [0.15, 0.2) is 54.6 Å². The normalized spacial score (nSPS) is 11.0. The van der Waals surface area contributed by atoms with Gasteiger partial charge in [0, 0.05) is 31.7 Å². The Kier molecular flexibility index (Phi) is 6.33. The maximum absolute atomic E-state index is 11.9. The molecule has 0 spiro atoms. The molecule has 6 heteroatoms. The standard InChI is InChI=1S/C21H21N3O2S/c1-22-21(26)16-11-8-15(9-12-16)10-13-19(25)23-14-4-7-20-24-17-5-2-3-6-18(17)27-20/h2-3,5-6,8-13H,4,7,14H2,1H3,(H,22,26)(H,23,25). The summed E-state index contributed by atoms with van der Waals surface area (Å²) < 4.78 is 1.20. The second kappa shape index (κ2) is 9.09. The van der Waals surface area contributed by atoms with Crippen molar-refractivity contribution in [3.8, 4) is 0 Å². The van der Waals surface area contributed by atoms with Crippen LogP contribution in [-0.4, -0.2) is 30.4 Å². The Morgan fingerprint density at radius 1 is 1.11 bits per heavy atom. The number of hydrogen-bond donors (Lipinski definition) is 2. The van der Waals surface area contributed by atoms with Gasteiger partial charge in [-0.05, 0) is 42.3 Å². The molecule has 1 aromatic heterocycles. The molecule has 0 aliphatic carbocycles. The molecule has 138 valence electrons. The molecule has 2 amide bonds. The van der Waals surface area contributed by atoms with E-state index < -0.39 is 0 Å². The lowest BCUT2D eigenvalue weighted by Crippen LogP contribution is -2.22. The van der Waals surface area contributed by atoms with Crippen molar-refractivity contribution in [3.63, 3.8) is 0 Å². The molecule has 0 aliphatic heterocycles. The van der Waals surface area contributed by atoms with Crippen LogP contribution >= 0.6 is 11.3 Å². The molecule has 0 radical (unpaired) electrons. The summed E-state index contributed by atoms with van der Waals surface area (Å²) in [4.78, 5) is 28.0. The van der Waals surface area contributed by atoms with Crippen LogP contribution in [0.25, 0.3) is 16.3 Å². The lowest BCUT2D eigenvalue weighted by molar-refractivity contribution is -0.116. The Labute approximate surface area is 162 Å². The van der Waals surface area contributed by atoms with E-state index in [1.54, 1.807) is 36.6 Å². The summed E-state index contributed by atoms with van der Waals surface area (Å²) >= 11 is 1.70. The first kappa shape index (κ1) is 18.8. The third-order valence-corrected chi connectivity index (χ3v) is 5.13. The number of para-hydroxylation sites is 1. The number of hydrogen-bond acceptors (Lipinski definition) is 4. The van der Waals surface area contributed by atoms with Crippen LogP contribution in [0.3, 0.4) is 0 Å². The second-order valence-electron chi connectivity index (χ2n) is 6.00. The molecule has 27 heavy (non-hydrogen) atoms. The number of nitrogens with zero attached hydrogens (tertiary/aromatic N) is 1.